The minimum atomic E-state index is 0.845. The van der Waals surface area contributed by atoms with Crippen LogP contribution in [0.1, 0.15) is 751 Å². The summed E-state index contributed by atoms with van der Waals surface area (Å²) in [4.78, 5) is 0. The molecule has 0 atom stereocenters. The van der Waals surface area contributed by atoms with Gasteiger partial charge in [-0.3, -0.25) is 0 Å². The number of alkyl halides is 2. The number of unbranched alkanes of at least 4 members (excludes halogenated alkanes) is 85. The molecule has 0 nitrogen and oxygen atoms in total. The second kappa shape index (κ2) is 148. The van der Waals surface area contributed by atoms with Crippen molar-refractivity contribution < 1.29 is 0 Å². The lowest BCUT2D eigenvalue weighted by Crippen LogP contribution is -1.85. The first kappa shape index (κ1) is 134. The van der Waals surface area contributed by atoms with Crippen molar-refractivity contribution in [1.29, 1.82) is 0 Å². The van der Waals surface area contributed by atoms with Crippen LogP contribution in [0, 0.1) is 0 Å². The Morgan fingerprint density at radius 2 is 0.133 bits per heavy atom. The Bertz CT molecular complexity index is 1180. The Hall–Kier alpha value is 0.580. The zero-order chi connectivity index (χ0) is 89.0. The van der Waals surface area contributed by atoms with Crippen molar-refractivity contribution in [2.45, 2.75) is 751 Å². The molecule has 0 bridgehead atoms. The lowest BCUT2D eigenvalue weighted by Gasteiger charge is -2.05. The minimum absolute atomic E-state index is 0.845. The Kier molecular flexibility index (Phi) is 165. The van der Waals surface area contributed by atoms with Crippen molar-refractivity contribution in [3.63, 3.8) is 0 Å². The molecular weight excluding hydrogens is 1490 g/mol. The highest BCUT2D eigenvalue weighted by atomic mass is 35.5. The summed E-state index contributed by atoms with van der Waals surface area (Å²) >= 11 is 11.2. The molecule has 0 aromatic carbocycles. The van der Waals surface area contributed by atoms with Crippen LogP contribution in [0.15, 0.2) is 0 Å². The standard InChI is InChI=1S/3C18H38.2C14H29Cl.C12H24.2C12H26/c3*1-3-5-7-9-11-13-15-17-18-16-14-12-10-8-6-4-2;2*1-2-3-4-5-6-7-8-9-10-11-12-13-14-15;1-2-4-6-8-10-12-11-9-7-5-3-1;2*1-3-5-7-9-11-12-10-8-6-4-2/h3*3-18H2,1-2H3;2*2-14H2,1H3;1-12H2;2*3-12H2,1-2H3. The van der Waals surface area contributed by atoms with E-state index in [1.54, 1.807) is 0 Å². The highest BCUT2D eigenvalue weighted by Gasteiger charge is 2.02. The Morgan fingerprint density at radius 1 is 0.0833 bits per heavy atom. The largest absolute Gasteiger partial charge is 0.127 e. The monoisotopic (exact) mass is 1740 g/mol. The van der Waals surface area contributed by atoms with E-state index in [0.717, 1.165) is 11.8 Å². The maximum Gasteiger partial charge on any atom is 0.0223 e. The van der Waals surface area contributed by atoms with Crippen LogP contribution in [-0.4, -0.2) is 11.8 Å². The fourth-order valence-electron chi connectivity index (χ4n) is 17.0. The quantitative estimate of drug-likeness (QED) is 0.0421. The SMILES string of the molecule is C1CCCCCCCCCCC1.CCCCCCCCCCCC.CCCCCCCCCCCC.CCCCCCCCCCCCCCCCCC.CCCCCCCCCCCCCCCCCC.CCCCCCCCCCCCCCCCCC.CCCCCCCCCCCCCCCl.CCCCCCCCCCCCCCCl. The third-order valence-corrected chi connectivity index (χ3v) is 26.3. The molecule has 1 aliphatic carbocycles. The minimum Gasteiger partial charge on any atom is -0.127 e. The fourth-order valence-corrected chi connectivity index (χ4v) is 17.4. The maximum atomic E-state index is 5.62. The summed E-state index contributed by atoms with van der Waals surface area (Å²) < 4.78 is 0. The van der Waals surface area contributed by atoms with E-state index in [0.29, 0.717) is 0 Å². The molecule has 120 heavy (non-hydrogen) atoms. The summed E-state index contributed by atoms with van der Waals surface area (Å²) in [6, 6.07) is 0. The average Bonchev–Trinajstić information content (AvgIpc) is 1.17. The van der Waals surface area contributed by atoms with E-state index in [1.807, 2.05) is 0 Å². The van der Waals surface area contributed by atoms with Crippen LogP contribution in [0.5, 0.6) is 0 Å². The van der Waals surface area contributed by atoms with Crippen molar-refractivity contribution in [3.8, 4) is 0 Å². The normalized spacial score (nSPS) is 12.2. The van der Waals surface area contributed by atoms with Crippen molar-refractivity contribution in [2.24, 2.45) is 0 Å². The zero-order valence-corrected chi connectivity index (χ0v) is 89.2. The Morgan fingerprint density at radius 3 is 0.183 bits per heavy atom. The second-order valence-corrected chi connectivity index (χ2v) is 39.7. The van der Waals surface area contributed by atoms with Crippen LogP contribution in [0.3, 0.4) is 0 Å². The Labute approximate surface area is 780 Å². The van der Waals surface area contributed by atoms with Gasteiger partial charge in [0, 0.05) is 11.8 Å². The summed E-state index contributed by atoms with van der Waals surface area (Å²) in [5.74, 6) is 1.69. The first-order valence-electron chi connectivity index (χ1n) is 58.5. The molecule has 0 heterocycles. The Balaban J connectivity index is -0.000000244. The van der Waals surface area contributed by atoms with Gasteiger partial charge in [-0.25, -0.2) is 0 Å². The molecule has 0 radical (unpaired) electrons. The number of rotatable bonds is 87. The average molecular weight is 1740 g/mol. The van der Waals surface area contributed by atoms with E-state index in [4.69, 9.17) is 23.2 Å². The smallest absolute Gasteiger partial charge is 0.0223 e. The van der Waals surface area contributed by atoms with E-state index in [-0.39, 0.29) is 0 Å². The highest BCUT2D eigenvalue weighted by molar-refractivity contribution is 6.18. The number of hydrogen-bond donors (Lipinski definition) is 0. The first-order valence-corrected chi connectivity index (χ1v) is 59.6. The van der Waals surface area contributed by atoms with E-state index < -0.39 is 0 Å². The van der Waals surface area contributed by atoms with Crippen LogP contribution >= 0.6 is 23.2 Å². The third kappa shape index (κ3) is 165. The van der Waals surface area contributed by atoms with Gasteiger partial charge in [-0.15, -0.1) is 23.2 Å². The summed E-state index contributed by atoms with van der Waals surface area (Å²) in [6.07, 6.45) is 151. The highest BCUT2D eigenvalue weighted by Crippen LogP contribution is 2.22. The van der Waals surface area contributed by atoms with Gasteiger partial charge in [-0.05, 0) is 12.8 Å². The molecule has 0 N–H and O–H groups in total. The third-order valence-electron chi connectivity index (χ3n) is 25.8. The summed E-state index contributed by atoms with van der Waals surface area (Å²) in [5.41, 5.74) is 0. The van der Waals surface area contributed by atoms with Gasteiger partial charge >= 0.3 is 0 Å². The molecule has 2 heteroatoms. The molecule has 0 saturated heterocycles. The molecule has 1 rings (SSSR count). The molecule has 734 valence electrons. The van der Waals surface area contributed by atoms with Gasteiger partial charge in [0.25, 0.3) is 0 Å². The lowest BCUT2D eigenvalue weighted by molar-refractivity contribution is 0.504. The van der Waals surface area contributed by atoms with Gasteiger partial charge in [0.15, 0.2) is 0 Å². The first-order chi connectivity index (χ1) is 59.4. The molecule has 0 aliphatic heterocycles. The summed E-state index contributed by atoms with van der Waals surface area (Å²) in [5, 5.41) is 0. The summed E-state index contributed by atoms with van der Waals surface area (Å²) in [6.45, 7) is 27.4. The van der Waals surface area contributed by atoms with Crippen molar-refractivity contribution in [3.05, 3.63) is 0 Å². The van der Waals surface area contributed by atoms with Crippen molar-refractivity contribution in [1.82, 2.24) is 0 Å². The lowest BCUT2D eigenvalue weighted by atomic mass is 10.0. The van der Waals surface area contributed by atoms with Gasteiger partial charge < -0.3 is 0 Å². The van der Waals surface area contributed by atoms with Gasteiger partial charge in [0.2, 0.25) is 0 Å². The molecule has 1 fully saturated rings. The van der Waals surface area contributed by atoms with Crippen LogP contribution in [0.25, 0.3) is 0 Å². The number of halogens is 2. The van der Waals surface area contributed by atoms with Gasteiger partial charge in [-0.2, -0.15) is 0 Å². The van der Waals surface area contributed by atoms with E-state index in [2.05, 4.69) is 83.1 Å². The molecular formula is C118H248Cl2. The predicted molar refractivity (Wildman–Crippen MR) is 570 cm³/mol. The van der Waals surface area contributed by atoms with Crippen LogP contribution in [0.4, 0.5) is 0 Å². The fraction of sp³-hybridized carbons (Fsp3) is 1.00. The molecule has 0 aromatic heterocycles. The molecule has 0 spiro atoms. The number of hydrogen-bond acceptors (Lipinski definition) is 0. The van der Waals surface area contributed by atoms with E-state index >= 15 is 0 Å². The molecule has 0 aromatic rings. The van der Waals surface area contributed by atoms with E-state index in [9.17, 15) is 0 Å². The molecule has 0 amide bonds. The van der Waals surface area contributed by atoms with Gasteiger partial charge in [0.1, 0.15) is 0 Å². The van der Waals surface area contributed by atoms with E-state index in [1.165, 1.54) is 668 Å². The molecule has 0 unspecified atom stereocenters. The van der Waals surface area contributed by atoms with Crippen molar-refractivity contribution in [2.75, 3.05) is 11.8 Å². The molecule has 1 aliphatic rings. The van der Waals surface area contributed by atoms with Crippen molar-refractivity contribution >= 4 is 23.2 Å². The second-order valence-electron chi connectivity index (χ2n) is 38.9. The molecule has 1 saturated carbocycles. The van der Waals surface area contributed by atoms with Crippen LogP contribution in [-0.2, 0) is 0 Å². The van der Waals surface area contributed by atoms with Gasteiger partial charge in [0.05, 0.1) is 0 Å². The maximum absolute atomic E-state index is 5.62. The van der Waals surface area contributed by atoms with Crippen LogP contribution < -0.4 is 0 Å². The predicted octanol–water partition coefficient (Wildman–Crippen LogP) is 48.2. The van der Waals surface area contributed by atoms with Crippen LogP contribution in [0.2, 0.25) is 0 Å². The van der Waals surface area contributed by atoms with Gasteiger partial charge in [-0.1, -0.05) is 738 Å². The summed E-state index contributed by atoms with van der Waals surface area (Å²) in [7, 11) is 0. The topological polar surface area (TPSA) is 0 Å². The zero-order valence-electron chi connectivity index (χ0n) is 87.7.